The maximum Gasteiger partial charge on any atom is 0.243 e. The molecule has 1 N–H and O–H groups in total. The van der Waals surface area contributed by atoms with Gasteiger partial charge in [0, 0.05) is 24.6 Å². The second-order valence-electron chi connectivity index (χ2n) is 7.40. The van der Waals surface area contributed by atoms with Crippen LogP contribution in [-0.2, 0) is 14.8 Å². The summed E-state index contributed by atoms with van der Waals surface area (Å²) in [6, 6.07) is 15.7. The van der Waals surface area contributed by atoms with Gasteiger partial charge in [0.25, 0.3) is 0 Å². The van der Waals surface area contributed by atoms with Crippen LogP contribution in [0.3, 0.4) is 0 Å². The molecule has 6 nitrogen and oxygen atoms in total. The molecule has 1 atom stereocenters. The highest BCUT2D eigenvalue weighted by Gasteiger charge is 2.32. The Balaban J connectivity index is 1.61. The lowest BCUT2D eigenvalue weighted by Crippen LogP contribution is -2.43. The van der Waals surface area contributed by atoms with Crippen LogP contribution in [0.5, 0.6) is 0 Å². The number of piperidine rings is 1. The van der Waals surface area contributed by atoms with E-state index in [2.05, 4.69) is 5.32 Å². The van der Waals surface area contributed by atoms with Crippen molar-refractivity contribution in [3.05, 3.63) is 65.7 Å². The average molecular weight is 415 g/mol. The number of sulfonamides is 1. The lowest BCUT2D eigenvalue weighted by Gasteiger charge is -2.31. The van der Waals surface area contributed by atoms with E-state index in [4.69, 9.17) is 0 Å². The maximum absolute atomic E-state index is 12.9. The minimum atomic E-state index is -3.68. The molecule has 29 heavy (non-hydrogen) atoms. The van der Waals surface area contributed by atoms with Crippen LogP contribution in [0.1, 0.15) is 48.7 Å². The Morgan fingerprint density at radius 1 is 1.03 bits per heavy atom. The van der Waals surface area contributed by atoms with Crippen molar-refractivity contribution in [2.24, 2.45) is 5.92 Å². The van der Waals surface area contributed by atoms with E-state index in [0.29, 0.717) is 18.4 Å². The van der Waals surface area contributed by atoms with Gasteiger partial charge in [0.2, 0.25) is 15.9 Å². The predicted molar refractivity (Wildman–Crippen MR) is 111 cm³/mol. The van der Waals surface area contributed by atoms with E-state index in [1.165, 1.54) is 23.4 Å². The number of nitrogens with one attached hydrogen (secondary N) is 1. The molecule has 154 valence electrons. The summed E-state index contributed by atoms with van der Waals surface area (Å²) < 4.78 is 27.2. The van der Waals surface area contributed by atoms with Gasteiger partial charge in [0.05, 0.1) is 10.9 Å². The van der Waals surface area contributed by atoms with Crippen LogP contribution in [-0.4, -0.2) is 37.5 Å². The third-order valence-corrected chi connectivity index (χ3v) is 7.26. The van der Waals surface area contributed by atoms with Crippen molar-refractivity contribution in [1.82, 2.24) is 9.62 Å². The van der Waals surface area contributed by atoms with Crippen LogP contribution < -0.4 is 5.32 Å². The molecule has 1 heterocycles. The van der Waals surface area contributed by atoms with Gasteiger partial charge in [-0.2, -0.15) is 4.31 Å². The molecular weight excluding hydrogens is 388 g/mol. The standard InChI is InChI=1S/C22H26N2O4S/c1-16(18-7-4-3-5-8-18)23-22(26)19-11-13-24(14-12-19)29(27,28)21-10-6-9-20(15-21)17(2)25/h3-10,15-16,19H,11-14H2,1-2H3,(H,23,26)/t16-/m0/s1. The highest BCUT2D eigenvalue weighted by atomic mass is 32.2. The topological polar surface area (TPSA) is 83.6 Å². The Labute approximate surface area is 172 Å². The average Bonchev–Trinajstić information content (AvgIpc) is 2.74. The number of hydrogen-bond acceptors (Lipinski definition) is 4. The van der Waals surface area contributed by atoms with Crippen LogP contribution in [0, 0.1) is 5.92 Å². The first-order chi connectivity index (χ1) is 13.8. The van der Waals surface area contributed by atoms with Gasteiger partial charge in [-0.1, -0.05) is 42.5 Å². The fraction of sp³-hybridized carbons (Fsp3) is 0.364. The first-order valence-electron chi connectivity index (χ1n) is 9.75. The Morgan fingerprint density at radius 3 is 2.31 bits per heavy atom. The zero-order chi connectivity index (χ0) is 21.0. The van der Waals surface area contributed by atoms with Crippen molar-refractivity contribution in [3.63, 3.8) is 0 Å². The van der Waals surface area contributed by atoms with E-state index in [1.54, 1.807) is 12.1 Å². The Hall–Kier alpha value is -2.51. The van der Waals surface area contributed by atoms with Gasteiger partial charge in [0.15, 0.2) is 5.78 Å². The van der Waals surface area contributed by atoms with E-state index in [1.807, 2.05) is 37.3 Å². The van der Waals surface area contributed by atoms with Gasteiger partial charge >= 0.3 is 0 Å². The summed E-state index contributed by atoms with van der Waals surface area (Å²) in [7, 11) is -3.68. The summed E-state index contributed by atoms with van der Waals surface area (Å²) in [5.41, 5.74) is 1.40. The molecule has 1 fully saturated rings. The molecule has 2 aromatic carbocycles. The van der Waals surface area contributed by atoms with E-state index < -0.39 is 10.0 Å². The number of carbonyl (C=O) groups excluding carboxylic acids is 2. The predicted octanol–water partition coefficient (Wildman–Crippen LogP) is 3.17. The van der Waals surface area contributed by atoms with Gasteiger partial charge in [-0.3, -0.25) is 9.59 Å². The van der Waals surface area contributed by atoms with Crippen LogP contribution in [0.25, 0.3) is 0 Å². The summed E-state index contributed by atoms with van der Waals surface area (Å²) in [6.07, 6.45) is 0.942. The van der Waals surface area contributed by atoms with E-state index in [9.17, 15) is 18.0 Å². The third-order valence-electron chi connectivity index (χ3n) is 5.36. The van der Waals surface area contributed by atoms with Crippen molar-refractivity contribution < 1.29 is 18.0 Å². The largest absolute Gasteiger partial charge is 0.349 e. The van der Waals surface area contributed by atoms with Gasteiger partial charge in [-0.15, -0.1) is 0 Å². The molecule has 1 saturated heterocycles. The van der Waals surface area contributed by atoms with E-state index in [-0.39, 0.29) is 41.6 Å². The number of carbonyl (C=O) groups is 2. The molecule has 7 heteroatoms. The normalized spacial score (nSPS) is 16.9. The molecule has 0 radical (unpaired) electrons. The summed E-state index contributed by atoms with van der Waals surface area (Å²) in [6.45, 7) is 3.91. The summed E-state index contributed by atoms with van der Waals surface area (Å²) >= 11 is 0. The second-order valence-corrected chi connectivity index (χ2v) is 9.34. The first kappa shape index (κ1) is 21.2. The van der Waals surface area contributed by atoms with Gasteiger partial charge in [-0.05, 0) is 44.4 Å². The lowest BCUT2D eigenvalue weighted by atomic mass is 9.96. The minimum absolute atomic E-state index is 0.0445. The number of rotatable bonds is 6. The molecule has 1 amide bonds. The smallest absolute Gasteiger partial charge is 0.243 e. The fourth-order valence-corrected chi connectivity index (χ4v) is 5.06. The zero-order valence-corrected chi connectivity index (χ0v) is 17.5. The molecule has 0 unspecified atom stereocenters. The lowest BCUT2D eigenvalue weighted by molar-refractivity contribution is -0.126. The van der Waals surface area contributed by atoms with Crippen LogP contribution in [0.15, 0.2) is 59.5 Å². The molecule has 3 rings (SSSR count). The van der Waals surface area contributed by atoms with Crippen LogP contribution in [0.2, 0.25) is 0 Å². The molecule has 1 aliphatic heterocycles. The van der Waals surface area contributed by atoms with Crippen LogP contribution in [0.4, 0.5) is 0 Å². The number of amides is 1. The summed E-state index contributed by atoms with van der Waals surface area (Å²) in [5.74, 6) is -0.432. The van der Waals surface area contributed by atoms with E-state index in [0.717, 1.165) is 5.56 Å². The number of hydrogen-bond donors (Lipinski definition) is 1. The number of nitrogens with zero attached hydrogens (tertiary/aromatic N) is 1. The SMILES string of the molecule is CC(=O)c1cccc(S(=O)(=O)N2CCC(C(=O)N[C@@H](C)c3ccccc3)CC2)c1. The van der Waals surface area contributed by atoms with Crippen molar-refractivity contribution in [2.75, 3.05) is 13.1 Å². The van der Waals surface area contributed by atoms with Crippen molar-refractivity contribution in [3.8, 4) is 0 Å². The number of benzene rings is 2. The monoisotopic (exact) mass is 414 g/mol. The highest BCUT2D eigenvalue weighted by Crippen LogP contribution is 2.25. The minimum Gasteiger partial charge on any atom is -0.349 e. The van der Waals surface area contributed by atoms with Crippen molar-refractivity contribution in [2.45, 2.75) is 37.6 Å². The Kier molecular flexibility index (Phi) is 6.49. The molecular formula is C22H26N2O4S. The number of ketones is 1. The molecule has 0 bridgehead atoms. The molecule has 0 spiro atoms. The molecule has 0 saturated carbocycles. The van der Waals surface area contributed by atoms with Gasteiger partial charge in [0.1, 0.15) is 0 Å². The molecule has 0 aliphatic carbocycles. The van der Waals surface area contributed by atoms with Gasteiger partial charge in [-0.25, -0.2) is 8.42 Å². The quantitative estimate of drug-likeness (QED) is 0.736. The zero-order valence-electron chi connectivity index (χ0n) is 16.7. The van der Waals surface area contributed by atoms with Gasteiger partial charge < -0.3 is 5.32 Å². The second kappa shape index (κ2) is 8.88. The Bertz CT molecular complexity index is 981. The fourth-order valence-electron chi connectivity index (χ4n) is 3.54. The molecule has 0 aromatic heterocycles. The summed E-state index contributed by atoms with van der Waals surface area (Å²) in [5, 5.41) is 3.03. The Morgan fingerprint density at radius 2 is 1.69 bits per heavy atom. The third kappa shape index (κ3) is 4.92. The molecule has 1 aliphatic rings. The number of Topliss-reactive ketones (excluding diaryl/α,β-unsaturated/α-hetero) is 1. The van der Waals surface area contributed by atoms with Crippen LogP contribution >= 0.6 is 0 Å². The molecule has 2 aromatic rings. The van der Waals surface area contributed by atoms with Crippen molar-refractivity contribution >= 4 is 21.7 Å². The maximum atomic E-state index is 12.9. The van der Waals surface area contributed by atoms with Crippen molar-refractivity contribution in [1.29, 1.82) is 0 Å². The first-order valence-corrected chi connectivity index (χ1v) is 11.2. The highest BCUT2D eigenvalue weighted by molar-refractivity contribution is 7.89. The summed E-state index contributed by atoms with van der Waals surface area (Å²) in [4.78, 5) is 24.3. The van der Waals surface area contributed by atoms with E-state index >= 15 is 0 Å².